The van der Waals surface area contributed by atoms with Gasteiger partial charge in [0.05, 0.1) is 68.1 Å². The zero-order valence-corrected chi connectivity index (χ0v) is 47.4. The van der Waals surface area contributed by atoms with Crippen molar-refractivity contribution < 1.29 is 28.0 Å². The molecule has 6 atom stereocenters. The molecule has 13 heteroatoms. The number of carbonyl (C=O) groups is 4. The molecular weight excluding hydrogens is 963 g/mol. The van der Waals surface area contributed by atoms with Crippen LogP contribution in [0.5, 0.6) is 0 Å². The van der Waals surface area contributed by atoms with Crippen LogP contribution < -0.4 is 4.90 Å². The molecule has 0 aromatic carbocycles. The number of fused-ring (bicyclic) bond motifs is 5. The second-order valence-electron chi connectivity index (χ2n) is 21.7. The fourth-order valence-electron chi connectivity index (χ4n) is 12.3. The van der Waals surface area contributed by atoms with Crippen LogP contribution in [0, 0.1) is 23.7 Å². The van der Waals surface area contributed by atoms with Crippen LogP contribution in [0.1, 0.15) is 185 Å². The summed E-state index contributed by atoms with van der Waals surface area (Å²) in [6, 6.07) is 9.63. The Hall–Kier alpha value is -5.01. The molecule has 0 spiro atoms. The molecule has 6 aliphatic rings. The summed E-state index contributed by atoms with van der Waals surface area (Å²) in [7, 11) is 2.13. The maximum atomic E-state index is 15.3. The van der Waals surface area contributed by atoms with Gasteiger partial charge in [0.25, 0.3) is 23.6 Å². The van der Waals surface area contributed by atoms with E-state index in [0.29, 0.717) is 71.4 Å². The second-order valence-corrected chi connectivity index (χ2v) is 24.0. The third-order valence-electron chi connectivity index (χ3n) is 17.0. The molecule has 0 aliphatic carbocycles. The Kier molecular flexibility index (Phi) is 17.1. The molecule has 398 valence electrons. The van der Waals surface area contributed by atoms with Gasteiger partial charge in [-0.3, -0.25) is 19.2 Å². The number of likely N-dealkylation sites (N-methyl/N-ethyl adjacent to an activating group) is 1. The molecule has 3 aromatic rings. The number of nitrogens with zero attached hydrogens (tertiary/aromatic N) is 5. The van der Waals surface area contributed by atoms with E-state index in [-0.39, 0.29) is 58.6 Å². The van der Waals surface area contributed by atoms with E-state index in [9.17, 15) is 0 Å². The molecule has 74 heavy (non-hydrogen) atoms. The third-order valence-corrected chi connectivity index (χ3v) is 19.7. The number of hydrogen-bond donors (Lipinski definition) is 0. The van der Waals surface area contributed by atoms with E-state index in [1.165, 1.54) is 4.88 Å². The average Bonchev–Trinajstić information content (AvgIpc) is 4.29. The Morgan fingerprint density at radius 2 is 0.905 bits per heavy atom. The van der Waals surface area contributed by atoms with Crippen LogP contribution in [0.4, 0.5) is 5.69 Å². The molecule has 0 saturated heterocycles. The number of thioether (sulfide) groups is 1. The standard InChI is InChI=1S/C61H81N5O6S2/c1-10-18-24-38(14-5)34-63-52(44-28-22-30-71-44)48-50(60(63)69)54(65(58(48)67)36-40(16-7)26-20-12-3)46-32-42-56(73-46)57-43(62(42)9)33-47(74-57)55-51-49(59(68)66(55)37-41(17-8)27-21-13-4)53(45-29-23-31-72-45)64(61(51)70)35-39(15-6)25-19-11-2/h22-23,28-33,38-42,56H,10-21,24-27,34-37H2,1-9H3. The van der Waals surface area contributed by atoms with Gasteiger partial charge in [-0.05, 0) is 85.8 Å². The Bertz CT molecular complexity index is 2720. The van der Waals surface area contributed by atoms with E-state index >= 15 is 19.2 Å². The number of unbranched alkanes of at least 4 members (excludes halogenated alkanes) is 4. The van der Waals surface area contributed by atoms with Gasteiger partial charge < -0.3 is 33.3 Å². The largest absolute Gasteiger partial charge is 0.463 e. The molecule has 11 nitrogen and oxygen atoms in total. The molecule has 6 unspecified atom stereocenters. The van der Waals surface area contributed by atoms with Gasteiger partial charge in [0.15, 0.2) is 11.5 Å². The minimum absolute atomic E-state index is 0.0303. The van der Waals surface area contributed by atoms with Crippen LogP contribution in [0.3, 0.4) is 0 Å². The van der Waals surface area contributed by atoms with Crippen molar-refractivity contribution in [1.29, 1.82) is 0 Å². The van der Waals surface area contributed by atoms with Crippen LogP contribution in [0.2, 0.25) is 0 Å². The van der Waals surface area contributed by atoms with Crippen molar-refractivity contribution in [2.45, 2.75) is 169 Å². The molecule has 4 amide bonds. The van der Waals surface area contributed by atoms with Crippen molar-refractivity contribution in [3.05, 3.63) is 103 Å². The van der Waals surface area contributed by atoms with Crippen LogP contribution in [-0.2, 0) is 19.2 Å². The first-order chi connectivity index (χ1) is 36.0. The summed E-state index contributed by atoms with van der Waals surface area (Å²) in [5.41, 5.74) is 5.65. The highest BCUT2D eigenvalue weighted by Gasteiger charge is 2.55. The maximum Gasteiger partial charge on any atom is 0.261 e. The quantitative estimate of drug-likeness (QED) is 0.0707. The molecule has 0 bridgehead atoms. The molecule has 0 saturated carbocycles. The molecule has 0 fully saturated rings. The summed E-state index contributed by atoms with van der Waals surface area (Å²) in [5, 5.41) is -0.0305. The van der Waals surface area contributed by atoms with Gasteiger partial charge in [-0.1, -0.05) is 132 Å². The lowest BCUT2D eigenvalue weighted by Crippen LogP contribution is -2.35. The minimum atomic E-state index is -0.125. The SMILES string of the molecule is CCCCC(CC)CN1C(=O)C2=C(c3ccco3)N(CC(CC)CCCC)C(=O)C2=C1C1=CC2C(S1)c1sc(C3=C4C(=O)N(CC(CC)CCCC)C(c5ccco5)=C4C(=O)N3CC(CC)CCCC)cc1N2C. The van der Waals surface area contributed by atoms with E-state index in [1.807, 2.05) is 43.9 Å². The lowest BCUT2D eigenvalue weighted by Gasteiger charge is -2.29. The Balaban J connectivity index is 1.13. The smallest absolute Gasteiger partial charge is 0.261 e. The summed E-state index contributed by atoms with van der Waals surface area (Å²) in [4.78, 5) is 74.2. The van der Waals surface area contributed by atoms with Gasteiger partial charge in [0.2, 0.25) is 0 Å². The molecule has 6 aliphatic heterocycles. The summed E-state index contributed by atoms with van der Waals surface area (Å²) < 4.78 is 12.2. The molecule has 0 N–H and O–H groups in total. The van der Waals surface area contributed by atoms with Gasteiger partial charge in [0.1, 0.15) is 11.4 Å². The zero-order chi connectivity index (χ0) is 52.4. The highest BCUT2D eigenvalue weighted by Crippen LogP contribution is 2.62. The zero-order valence-electron chi connectivity index (χ0n) is 45.7. The van der Waals surface area contributed by atoms with E-state index in [0.717, 1.165) is 130 Å². The van der Waals surface area contributed by atoms with E-state index in [4.69, 9.17) is 8.83 Å². The van der Waals surface area contributed by atoms with Crippen LogP contribution in [0.25, 0.3) is 17.1 Å². The van der Waals surface area contributed by atoms with Gasteiger partial charge in [-0.15, -0.1) is 23.1 Å². The van der Waals surface area contributed by atoms with Crippen molar-refractivity contribution in [2.24, 2.45) is 23.7 Å². The highest BCUT2D eigenvalue weighted by molar-refractivity contribution is 8.04. The van der Waals surface area contributed by atoms with Crippen LogP contribution >= 0.6 is 23.1 Å². The summed E-state index contributed by atoms with van der Waals surface area (Å²) >= 11 is 3.43. The highest BCUT2D eigenvalue weighted by atomic mass is 32.2. The number of carbonyl (C=O) groups excluding carboxylic acids is 4. The minimum Gasteiger partial charge on any atom is -0.463 e. The van der Waals surface area contributed by atoms with Crippen molar-refractivity contribution in [2.75, 3.05) is 38.1 Å². The van der Waals surface area contributed by atoms with Gasteiger partial charge in [0, 0.05) is 43.0 Å². The van der Waals surface area contributed by atoms with Crippen molar-refractivity contribution in [3.63, 3.8) is 0 Å². The topological polar surface area (TPSA) is 111 Å². The second kappa shape index (κ2) is 23.5. The molecule has 0 radical (unpaired) electrons. The molecule has 9 rings (SSSR count). The van der Waals surface area contributed by atoms with Gasteiger partial charge in [-0.2, -0.15) is 0 Å². The van der Waals surface area contributed by atoms with Crippen LogP contribution in [0.15, 0.2) is 90.7 Å². The van der Waals surface area contributed by atoms with E-state index in [1.54, 1.807) is 35.6 Å². The third kappa shape index (κ3) is 9.75. The maximum absolute atomic E-state index is 15.3. The number of hydrogen-bond acceptors (Lipinski definition) is 9. The number of furan rings is 2. The predicted molar refractivity (Wildman–Crippen MR) is 300 cm³/mol. The number of amides is 4. The number of anilines is 1. The van der Waals surface area contributed by atoms with Gasteiger partial charge >= 0.3 is 0 Å². The fraction of sp³-hybridized carbons (Fsp3) is 0.574. The first-order valence-electron chi connectivity index (χ1n) is 28.6. The first kappa shape index (κ1) is 53.8. The summed E-state index contributed by atoms with van der Waals surface area (Å²) in [6.07, 6.45) is 21.9. The first-order valence-corrected chi connectivity index (χ1v) is 30.3. The summed E-state index contributed by atoms with van der Waals surface area (Å²) in [6.45, 7) is 19.8. The van der Waals surface area contributed by atoms with E-state index in [2.05, 4.69) is 79.5 Å². The van der Waals surface area contributed by atoms with E-state index < -0.39 is 0 Å². The lowest BCUT2D eigenvalue weighted by molar-refractivity contribution is -0.125. The molecular formula is C61H81N5O6S2. The normalized spacial score (nSPS) is 21.1. The lowest BCUT2D eigenvalue weighted by atomic mass is 9.98. The number of thiophene rings is 1. The fourth-order valence-corrected chi connectivity index (χ4v) is 15.4. The summed E-state index contributed by atoms with van der Waals surface area (Å²) in [5.74, 6) is 1.72. The van der Waals surface area contributed by atoms with Crippen molar-refractivity contribution in [3.8, 4) is 0 Å². The molecule has 9 heterocycles. The van der Waals surface area contributed by atoms with Crippen LogP contribution in [-0.4, -0.2) is 82.5 Å². The predicted octanol–water partition coefficient (Wildman–Crippen LogP) is 14.4. The number of rotatable bonds is 28. The Labute approximate surface area is 449 Å². The monoisotopic (exact) mass is 1040 g/mol. The van der Waals surface area contributed by atoms with Gasteiger partial charge in [-0.25, -0.2) is 0 Å². The molecule has 3 aromatic heterocycles. The Morgan fingerprint density at radius 1 is 0.527 bits per heavy atom. The van der Waals surface area contributed by atoms with Crippen molar-refractivity contribution in [1.82, 2.24) is 19.6 Å². The average molecular weight is 1040 g/mol. The van der Waals surface area contributed by atoms with Crippen molar-refractivity contribution >= 4 is 69.5 Å². The Morgan fingerprint density at radius 3 is 1.28 bits per heavy atom.